The number of hydrogen-bond acceptors (Lipinski definition) is 1. The third-order valence-electron chi connectivity index (χ3n) is 5.08. The molecule has 0 saturated carbocycles. The molecular weight excluding hydrogens is 278 g/mol. The summed E-state index contributed by atoms with van der Waals surface area (Å²) >= 11 is 0. The Balaban J connectivity index is 2.25. The molecule has 1 heteroatoms. The summed E-state index contributed by atoms with van der Waals surface area (Å²) in [6.45, 7) is 2.21. The molecule has 0 aromatic heterocycles. The first-order valence-corrected chi connectivity index (χ1v) is 8.15. The van der Waals surface area contributed by atoms with Crippen molar-refractivity contribution in [3.05, 3.63) is 66.2 Å². The van der Waals surface area contributed by atoms with E-state index in [1.165, 1.54) is 48.7 Å². The van der Waals surface area contributed by atoms with Crippen LogP contribution in [0.15, 0.2) is 60.7 Å². The second kappa shape index (κ2) is 4.36. The zero-order valence-electron chi connectivity index (χ0n) is 13.1. The zero-order chi connectivity index (χ0) is 15.6. The average Bonchev–Trinajstić information content (AvgIpc) is 2.60. The number of nitrogen functional groups attached to an aromatic ring is 1. The van der Waals surface area contributed by atoms with Crippen LogP contribution < -0.4 is 5.73 Å². The van der Waals surface area contributed by atoms with Crippen molar-refractivity contribution in [2.24, 2.45) is 0 Å². The van der Waals surface area contributed by atoms with Crippen LogP contribution in [0.4, 0.5) is 5.69 Å². The number of fused-ring (bicyclic) bond motifs is 2. The Hall–Kier alpha value is -2.80. The van der Waals surface area contributed by atoms with E-state index in [0.29, 0.717) is 0 Å². The van der Waals surface area contributed by atoms with Crippen molar-refractivity contribution in [1.29, 1.82) is 0 Å². The first kappa shape index (κ1) is 12.7. The number of aryl methyl sites for hydroxylation is 1. The SMILES string of the molecule is CCc1cc2ccc(N)c3c4cccc5cccc(c(c1)c23)c54. The van der Waals surface area contributed by atoms with Crippen molar-refractivity contribution in [3.8, 4) is 0 Å². The predicted octanol–water partition coefficient (Wildman–Crippen LogP) is 5.88. The lowest BCUT2D eigenvalue weighted by Crippen LogP contribution is -1.93. The molecule has 0 aliphatic heterocycles. The molecule has 0 unspecified atom stereocenters. The van der Waals surface area contributed by atoms with Crippen LogP contribution >= 0.6 is 0 Å². The maximum absolute atomic E-state index is 6.40. The molecule has 0 radical (unpaired) electrons. The van der Waals surface area contributed by atoms with Gasteiger partial charge in [-0.1, -0.05) is 61.5 Å². The highest BCUT2D eigenvalue weighted by Crippen LogP contribution is 2.42. The summed E-state index contributed by atoms with van der Waals surface area (Å²) in [6.07, 6.45) is 1.04. The van der Waals surface area contributed by atoms with Gasteiger partial charge in [0.1, 0.15) is 0 Å². The van der Waals surface area contributed by atoms with Crippen LogP contribution in [0.2, 0.25) is 0 Å². The maximum Gasteiger partial charge on any atom is 0.0400 e. The van der Waals surface area contributed by atoms with Crippen LogP contribution in [-0.4, -0.2) is 0 Å². The summed E-state index contributed by atoms with van der Waals surface area (Å²) in [4.78, 5) is 0. The monoisotopic (exact) mass is 295 g/mol. The fourth-order valence-electron chi connectivity index (χ4n) is 4.02. The Morgan fingerprint density at radius 1 is 0.696 bits per heavy atom. The molecule has 2 N–H and O–H groups in total. The van der Waals surface area contributed by atoms with Gasteiger partial charge in [-0.2, -0.15) is 0 Å². The number of nitrogens with two attached hydrogens (primary N) is 1. The molecule has 0 aliphatic carbocycles. The Labute approximate surface area is 134 Å². The Morgan fingerprint density at radius 2 is 1.48 bits per heavy atom. The van der Waals surface area contributed by atoms with Crippen LogP contribution in [0.25, 0.3) is 43.1 Å². The molecule has 5 aromatic rings. The predicted molar refractivity (Wildman–Crippen MR) is 101 cm³/mol. The molecular formula is C22H17N. The molecule has 0 heterocycles. The summed E-state index contributed by atoms with van der Waals surface area (Å²) < 4.78 is 0. The minimum Gasteiger partial charge on any atom is -0.398 e. The normalized spacial score (nSPS) is 12.0. The van der Waals surface area contributed by atoms with Crippen LogP contribution in [-0.2, 0) is 6.42 Å². The quantitative estimate of drug-likeness (QED) is 0.233. The van der Waals surface area contributed by atoms with Crippen molar-refractivity contribution >= 4 is 48.8 Å². The fraction of sp³-hybridized carbons (Fsp3) is 0.0909. The van der Waals surface area contributed by atoms with Crippen LogP contribution in [0.1, 0.15) is 12.5 Å². The van der Waals surface area contributed by atoms with E-state index in [1.54, 1.807) is 0 Å². The van der Waals surface area contributed by atoms with Crippen LogP contribution in [0.5, 0.6) is 0 Å². The first-order chi connectivity index (χ1) is 11.3. The maximum atomic E-state index is 6.40. The van der Waals surface area contributed by atoms with Gasteiger partial charge in [-0.3, -0.25) is 0 Å². The van der Waals surface area contributed by atoms with E-state index in [2.05, 4.69) is 61.5 Å². The molecule has 0 aliphatic rings. The molecule has 5 aromatic carbocycles. The smallest absolute Gasteiger partial charge is 0.0400 e. The van der Waals surface area contributed by atoms with Gasteiger partial charge >= 0.3 is 0 Å². The third kappa shape index (κ3) is 1.57. The zero-order valence-corrected chi connectivity index (χ0v) is 13.1. The van der Waals surface area contributed by atoms with Crippen LogP contribution in [0, 0.1) is 0 Å². The Morgan fingerprint density at radius 3 is 2.26 bits per heavy atom. The van der Waals surface area contributed by atoms with Crippen molar-refractivity contribution < 1.29 is 0 Å². The van der Waals surface area contributed by atoms with Crippen molar-refractivity contribution in [3.63, 3.8) is 0 Å². The topological polar surface area (TPSA) is 26.0 Å². The molecule has 0 fully saturated rings. The Kier molecular flexibility index (Phi) is 2.41. The lowest BCUT2D eigenvalue weighted by molar-refractivity contribution is 1.15. The number of hydrogen-bond donors (Lipinski definition) is 1. The second-order valence-corrected chi connectivity index (χ2v) is 6.33. The number of anilines is 1. The summed E-state index contributed by atoms with van der Waals surface area (Å²) in [5.74, 6) is 0. The molecule has 0 saturated heterocycles. The minimum absolute atomic E-state index is 0.866. The Bertz CT molecular complexity index is 1200. The number of benzene rings is 5. The molecule has 0 atom stereocenters. The van der Waals surface area contributed by atoms with Gasteiger partial charge in [0.05, 0.1) is 0 Å². The summed E-state index contributed by atoms with van der Waals surface area (Å²) in [6, 6.07) is 22.0. The van der Waals surface area contributed by atoms with Gasteiger partial charge in [-0.25, -0.2) is 0 Å². The lowest BCUT2D eigenvalue weighted by atomic mass is 9.88. The molecule has 5 rings (SSSR count). The highest BCUT2D eigenvalue weighted by Gasteiger charge is 2.14. The molecule has 0 spiro atoms. The standard InChI is InChI=1S/C22H17N/c1-2-13-11-15-9-10-19(23)22-17-8-4-6-14-5-3-7-16(20(14)17)18(12-13)21(15)22/h3-12H,2,23H2,1H3. The lowest BCUT2D eigenvalue weighted by Gasteiger charge is -2.16. The summed E-state index contributed by atoms with van der Waals surface area (Å²) in [5.41, 5.74) is 8.64. The molecule has 0 amide bonds. The van der Waals surface area contributed by atoms with Crippen LogP contribution in [0.3, 0.4) is 0 Å². The molecule has 0 bridgehead atoms. The van der Waals surface area contributed by atoms with Gasteiger partial charge in [-0.05, 0) is 55.8 Å². The van der Waals surface area contributed by atoms with E-state index in [0.717, 1.165) is 12.1 Å². The number of rotatable bonds is 1. The fourth-order valence-corrected chi connectivity index (χ4v) is 4.02. The first-order valence-electron chi connectivity index (χ1n) is 8.15. The largest absolute Gasteiger partial charge is 0.398 e. The van der Waals surface area contributed by atoms with Crippen molar-refractivity contribution in [1.82, 2.24) is 0 Å². The van der Waals surface area contributed by atoms with Gasteiger partial charge in [0.2, 0.25) is 0 Å². The van der Waals surface area contributed by atoms with Gasteiger partial charge in [-0.15, -0.1) is 0 Å². The van der Waals surface area contributed by atoms with Gasteiger partial charge in [0, 0.05) is 11.1 Å². The minimum atomic E-state index is 0.866. The summed E-state index contributed by atoms with van der Waals surface area (Å²) in [5, 5.41) is 10.3. The molecule has 110 valence electrons. The van der Waals surface area contributed by atoms with Gasteiger partial charge in [0.15, 0.2) is 0 Å². The molecule has 23 heavy (non-hydrogen) atoms. The van der Waals surface area contributed by atoms with Gasteiger partial charge < -0.3 is 5.73 Å². The van der Waals surface area contributed by atoms with Gasteiger partial charge in [0.25, 0.3) is 0 Å². The van der Waals surface area contributed by atoms with E-state index in [4.69, 9.17) is 5.73 Å². The average molecular weight is 295 g/mol. The highest BCUT2D eigenvalue weighted by atomic mass is 14.6. The second-order valence-electron chi connectivity index (χ2n) is 6.33. The van der Waals surface area contributed by atoms with E-state index in [9.17, 15) is 0 Å². The van der Waals surface area contributed by atoms with E-state index < -0.39 is 0 Å². The van der Waals surface area contributed by atoms with E-state index >= 15 is 0 Å². The third-order valence-corrected chi connectivity index (χ3v) is 5.08. The highest BCUT2D eigenvalue weighted by molar-refractivity contribution is 6.35. The van der Waals surface area contributed by atoms with E-state index in [-0.39, 0.29) is 0 Å². The van der Waals surface area contributed by atoms with Crippen molar-refractivity contribution in [2.75, 3.05) is 5.73 Å². The summed E-state index contributed by atoms with van der Waals surface area (Å²) in [7, 11) is 0. The van der Waals surface area contributed by atoms with E-state index in [1.807, 2.05) is 6.07 Å². The molecule has 1 nitrogen and oxygen atoms in total. The van der Waals surface area contributed by atoms with Crippen molar-refractivity contribution in [2.45, 2.75) is 13.3 Å².